The van der Waals surface area contributed by atoms with Gasteiger partial charge in [0.1, 0.15) is 0 Å². The summed E-state index contributed by atoms with van der Waals surface area (Å²) in [5.74, 6) is 0. The first kappa shape index (κ1) is 7.60. The van der Waals surface area contributed by atoms with Crippen LogP contribution in [0, 0.1) is 0 Å². The third kappa shape index (κ3) is 1.50. The highest BCUT2D eigenvalue weighted by molar-refractivity contribution is 7.11. The van der Waals surface area contributed by atoms with Crippen LogP contribution in [0.3, 0.4) is 0 Å². The quantitative estimate of drug-likeness (QED) is 0.653. The van der Waals surface area contributed by atoms with E-state index in [-0.39, 0.29) is 5.01 Å². The fourth-order valence-electron chi connectivity index (χ4n) is 0.587. The molecule has 1 heterocycles. The number of aromatic nitrogens is 1. The van der Waals surface area contributed by atoms with Gasteiger partial charge in [0.05, 0.1) is 0 Å². The Morgan fingerprint density at radius 1 is 1.70 bits per heavy atom. The molecule has 0 aliphatic rings. The van der Waals surface area contributed by atoms with Crippen LogP contribution < -0.4 is 0 Å². The van der Waals surface area contributed by atoms with Gasteiger partial charge in [-0.3, -0.25) is 0 Å². The van der Waals surface area contributed by atoms with Crippen LogP contribution in [0.4, 0.5) is 8.78 Å². The molecule has 10 heavy (non-hydrogen) atoms. The van der Waals surface area contributed by atoms with Gasteiger partial charge >= 0.3 is 0 Å². The topological polar surface area (TPSA) is 12.9 Å². The number of hydrogen-bond donors (Lipinski definition) is 0. The first-order valence-corrected chi connectivity index (χ1v) is 3.78. The fraction of sp³-hybridized carbons (Fsp3) is 0.500. The van der Waals surface area contributed by atoms with Crippen LogP contribution in [-0.2, 0) is 6.42 Å². The molecule has 0 fully saturated rings. The van der Waals surface area contributed by atoms with Crippen molar-refractivity contribution in [2.24, 2.45) is 0 Å². The predicted molar refractivity (Wildman–Crippen MR) is 36.4 cm³/mol. The van der Waals surface area contributed by atoms with Crippen molar-refractivity contribution in [1.29, 1.82) is 0 Å². The van der Waals surface area contributed by atoms with Crippen molar-refractivity contribution in [3.8, 4) is 0 Å². The minimum absolute atomic E-state index is 0.0724. The lowest BCUT2D eigenvalue weighted by atomic mass is 10.4. The first-order chi connectivity index (χ1) is 4.74. The molecule has 0 radical (unpaired) electrons. The second-order valence-corrected chi connectivity index (χ2v) is 2.97. The number of alkyl halides is 2. The molecule has 1 aromatic heterocycles. The minimum Gasteiger partial charge on any atom is -0.243 e. The molecule has 0 atom stereocenters. The molecule has 0 amide bonds. The van der Waals surface area contributed by atoms with Gasteiger partial charge in [-0.15, -0.1) is 11.3 Å². The van der Waals surface area contributed by atoms with Gasteiger partial charge in [-0.2, -0.15) is 0 Å². The highest BCUT2D eigenvalue weighted by Crippen LogP contribution is 2.23. The molecule has 0 aliphatic heterocycles. The minimum atomic E-state index is -2.41. The Morgan fingerprint density at radius 3 is 2.70 bits per heavy atom. The van der Waals surface area contributed by atoms with E-state index in [9.17, 15) is 8.78 Å². The van der Waals surface area contributed by atoms with Crippen LogP contribution in [0.2, 0.25) is 0 Å². The second-order valence-electron chi connectivity index (χ2n) is 1.82. The fourth-order valence-corrected chi connectivity index (χ4v) is 1.30. The van der Waals surface area contributed by atoms with Crippen molar-refractivity contribution in [1.82, 2.24) is 4.98 Å². The van der Waals surface area contributed by atoms with Crippen LogP contribution >= 0.6 is 11.3 Å². The SMILES string of the molecule is CCc1cnc(C(F)F)s1. The summed E-state index contributed by atoms with van der Waals surface area (Å²) in [6.45, 7) is 1.92. The second kappa shape index (κ2) is 3.05. The molecule has 0 saturated carbocycles. The summed E-state index contributed by atoms with van der Waals surface area (Å²) in [6, 6.07) is 0. The molecule has 0 aromatic carbocycles. The molecule has 1 aromatic rings. The number of halogens is 2. The molecule has 0 bridgehead atoms. The summed E-state index contributed by atoms with van der Waals surface area (Å²) >= 11 is 1.08. The Hall–Kier alpha value is -0.510. The number of rotatable bonds is 2. The Kier molecular flexibility index (Phi) is 2.32. The molecule has 4 heteroatoms. The van der Waals surface area contributed by atoms with E-state index >= 15 is 0 Å². The summed E-state index contributed by atoms with van der Waals surface area (Å²) in [6.07, 6.45) is -0.124. The van der Waals surface area contributed by atoms with Crippen molar-refractivity contribution in [3.05, 3.63) is 16.1 Å². The van der Waals surface area contributed by atoms with E-state index in [0.29, 0.717) is 0 Å². The van der Waals surface area contributed by atoms with Gasteiger partial charge in [-0.05, 0) is 6.42 Å². The van der Waals surface area contributed by atoms with E-state index in [1.807, 2.05) is 6.92 Å². The van der Waals surface area contributed by atoms with Crippen molar-refractivity contribution in [3.63, 3.8) is 0 Å². The standard InChI is InChI=1S/C6H7F2NS/c1-2-4-3-9-6(10-4)5(7)8/h3,5H,2H2,1H3. The lowest BCUT2D eigenvalue weighted by Crippen LogP contribution is -1.77. The van der Waals surface area contributed by atoms with E-state index in [1.54, 1.807) is 0 Å². The molecule has 0 unspecified atom stereocenters. The molecule has 0 spiro atoms. The van der Waals surface area contributed by atoms with Gasteiger partial charge in [0.15, 0.2) is 5.01 Å². The molecule has 0 saturated heterocycles. The largest absolute Gasteiger partial charge is 0.289 e. The monoisotopic (exact) mass is 163 g/mol. The van der Waals surface area contributed by atoms with Gasteiger partial charge < -0.3 is 0 Å². The van der Waals surface area contributed by atoms with Crippen molar-refractivity contribution < 1.29 is 8.78 Å². The first-order valence-electron chi connectivity index (χ1n) is 2.96. The Bertz CT molecular complexity index is 209. The Balaban J connectivity index is 2.78. The van der Waals surface area contributed by atoms with Crippen molar-refractivity contribution in [2.75, 3.05) is 0 Å². The summed E-state index contributed by atoms with van der Waals surface area (Å²) in [5.41, 5.74) is 0. The maximum atomic E-state index is 11.9. The summed E-state index contributed by atoms with van der Waals surface area (Å²) in [7, 11) is 0. The van der Waals surface area contributed by atoms with Crippen molar-refractivity contribution in [2.45, 2.75) is 19.8 Å². The van der Waals surface area contributed by atoms with Gasteiger partial charge in [0.2, 0.25) is 0 Å². The molecular weight excluding hydrogens is 156 g/mol. The van der Waals surface area contributed by atoms with Crippen LogP contribution in [0.1, 0.15) is 23.2 Å². The lowest BCUT2D eigenvalue weighted by molar-refractivity contribution is 0.151. The Morgan fingerprint density at radius 2 is 2.40 bits per heavy atom. The van der Waals surface area contributed by atoms with Gasteiger partial charge in [0.25, 0.3) is 6.43 Å². The van der Waals surface area contributed by atoms with E-state index < -0.39 is 6.43 Å². The normalized spacial score (nSPS) is 10.8. The third-order valence-corrected chi connectivity index (χ3v) is 2.26. The Labute approximate surface area is 61.7 Å². The third-order valence-electron chi connectivity index (χ3n) is 1.11. The number of aryl methyl sites for hydroxylation is 1. The van der Waals surface area contributed by atoms with E-state index in [0.717, 1.165) is 22.6 Å². The zero-order valence-electron chi connectivity index (χ0n) is 5.47. The lowest BCUT2D eigenvalue weighted by Gasteiger charge is -1.87. The highest BCUT2D eigenvalue weighted by Gasteiger charge is 2.10. The molecular formula is C6H7F2NS. The molecule has 56 valence electrons. The average molecular weight is 163 g/mol. The average Bonchev–Trinajstić information content (AvgIpc) is 2.34. The smallest absolute Gasteiger partial charge is 0.243 e. The predicted octanol–water partition coefficient (Wildman–Crippen LogP) is 2.64. The van der Waals surface area contributed by atoms with E-state index in [2.05, 4.69) is 4.98 Å². The van der Waals surface area contributed by atoms with Crippen LogP contribution in [0.5, 0.6) is 0 Å². The summed E-state index contributed by atoms with van der Waals surface area (Å²) in [5, 5.41) is -0.0724. The van der Waals surface area contributed by atoms with Crippen LogP contribution in [0.15, 0.2) is 6.20 Å². The number of thiazole rings is 1. The van der Waals surface area contributed by atoms with Crippen LogP contribution in [0.25, 0.3) is 0 Å². The van der Waals surface area contributed by atoms with E-state index in [1.165, 1.54) is 6.20 Å². The number of hydrogen-bond acceptors (Lipinski definition) is 2. The highest BCUT2D eigenvalue weighted by atomic mass is 32.1. The zero-order valence-corrected chi connectivity index (χ0v) is 6.29. The zero-order chi connectivity index (χ0) is 7.56. The van der Waals surface area contributed by atoms with Gasteiger partial charge in [0, 0.05) is 11.1 Å². The molecule has 1 rings (SSSR count). The van der Waals surface area contributed by atoms with E-state index in [4.69, 9.17) is 0 Å². The molecule has 0 aliphatic carbocycles. The summed E-state index contributed by atoms with van der Waals surface area (Å²) < 4.78 is 23.7. The van der Waals surface area contributed by atoms with Gasteiger partial charge in [-0.25, -0.2) is 13.8 Å². The number of nitrogens with zero attached hydrogens (tertiary/aromatic N) is 1. The molecule has 0 N–H and O–H groups in total. The maximum absolute atomic E-state index is 11.9. The van der Waals surface area contributed by atoms with Crippen molar-refractivity contribution >= 4 is 11.3 Å². The summed E-state index contributed by atoms with van der Waals surface area (Å²) in [4.78, 5) is 4.47. The van der Waals surface area contributed by atoms with Gasteiger partial charge in [-0.1, -0.05) is 6.92 Å². The van der Waals surface area contributed by atoms with Crippen LogP contribution in [-0.4, -0.2) is 4.98 Å². The molecule has 1 nitrogen and oxygen atoms in total. The maximum Gasteiger partial charge on any atom is 0.289 e.